The number of amides is 2. The second-order valence-electron chi connectivity index (χ2n) is 7.89. The molecule has 0 aliphatic heterocycles. The zero-order chi connectivity index (χ0) is 21.6. The van der Waals surface area contributed by atoms with Gasteiger partial charge >= 0.3 is 0 Å². The maximum Gasteiger partial charge on any atom is 0.258 e. The summed E-state index contributed by atoms with van der Waals surface area (Å²) in [5, 5.41) is 9.46. The Balaban J connectivity index is 1.43. The van der Waals surface area contributed by atoms with Crippen molar-refractivity contribution in [2.75, 3.05) is 18.5 Å². The van der Waals surface area contributed by atoms with Crippen LogP contribution in [0.2, 0.25) is 0 Å². The SMILES string of the molecule is CC(C)(C)c1cccc(OCC(=O)NCC(=O)Nc2ccc(-n3cccn3)cc2)c1. The van der Waals surface area contributed by atoms with Crippen LogP contribution in [0.5, 0.6) is 5.75 Å². The van der Waals surface area contributed by atoms with E-state index in [0.717, 1.165) is 11.3 Å². The largest absolute Gasteiger partial charge is 0.484 e. The predicted molar refractivity (Wildman–Crippen MR) is 116 cm³/mol. The minimum Gasteiger partial charge on any atom is -0.484 e. The molecule has 0 radical (unpaired) electrons. The van der Waals surface area contributed by atoms with Gasteiger partial charge in [-0.05, 0) is 53.4 Å². The van der Waals surface area contributed by atoms with Crippen LogP contribution in [-0.4, -0.2) is 34.7 Å². The Kier molecular flexibility index (Phi) is 6.51. The van der Waals surface area contributed by atoms with Gasteiger partial charge in [-0.3, -0.25) is 9.59 Å². The molecule has 7 heteroatoms. The molecule has 0 atom stereocenters. The molecule has 0 fully saturated rings. The van der Waals surface area contributed by atoms with Gasteiger partial charge in [-0.25, -0.2) is 4.68 Å². The van der Waals surface area contributed by atoms with Gasteiger partial charge in [0.05, 0.1) is 12.2 Å². The van der Waals surface area contributed by atoms with Gasteiger partial charge in [-0.1, -0.05) is 32.9 Å². The van der Waals surface area contributed by atoms with Crippen molar-refractivity contribution in [3.05, 3.63) is 72.6 Å². The van der Waals surface area contributed by atoms with Crippen LogP contribution in [0.1, 0.15) is 26.3 Å². The fourth-order valence-electron chi connectivity index (χ4n) is 2.76. The van der Waals surface area contributed by atoms with Crippen molar-refractivity contribution in [3.63, 3.8) is 0 Å². The number of ether oxygens (including phenoxy) is 1. The van der Waals surface area contributed by atoms with E-state index < -0.39 is 0 Å². The Hall–Kier alpha value is -3.61. The quantitative estimate of drug-likeness (QED) is 0.630. The predicted octanol–water partition coefficient (Wildman–Crippen LogP) is 3.30. The van der Waals surface area contributed by atoms with E-state index in [9.17, 15) is 9.59 Å². The monoisotopic (exact) mass is 406 g/mol. The number of aromatic nitrogens is 2. The van der Waals surface area contributed by atoms with Crippen molar-refractivity contribution < 1.29 is 14.3 Å². The molecule has 0 saturated heterocycles. The molecule has 0 unspecified atom stereocenters. The third-order valence-electron chi connectivity index (χ3n) is 4.44. The normalized spacial score (nSPS) is 11.0. The highest BCUT2D eigenvalue weighted by Crippen LogP contribution is 2.25. The Bertz CT molecular complexity index is 990. The number of hydrogen-bond acceptors (Lipinski definition) is 4. The summed E-state index contributed by atoms with van der Waals surface area (Å²) in [5.41, 5.74) is 2.65. The number of carbonyl (C=O) groups is 2. The van der Waals surface area contributed by atoms with E-state index in [2.05, 4.69) is 36.5 Å². The van der Waals surface area contributed by atoms with Gasteiger partial charge in [0.15, 0.2) is 6.61 Å². The summed E-state index contributed by atoms with van der Waals surface area (Å²) >= 11 is 0. The zero-order valence-corrected chi connectivity index (χ0v) is 17.4. The summed E-state index contributed by atoms with van der Waals surface area (Å²) in [6, 6.07) is 16.8. The third kappa shape index (κ3) is 5.94. The van der Waals surface area contributed by atoms with Gasteiger partial charge in [0.25, 0.3) is 5.91 Å². The van der Waals surface area contributed by atoms with E-state index in [1.54, 1.807) is 23.0 Å². The standard InChI is InChI=1S/C23H26N4O3/c1-23(2,3)17-6-4-7-20(14-17)30-16-22(29)24-15-21(28)26-18-8-10-19(11-9-18)27-13-5-12-25-27/h4-14H,15-16H2,1-3H3,(H,24,29)(H,26,28). The molecule has 0 aliphatic carbocycles. The number of nitrogens with zero attached hydrogens (tertiary/aromatic N) is 2. The Labute approximate surface area is 176 Å². The molecule has 7 nitrogen and oxygen atoms in total. The van der Waals surface area contributed by atoms with E-state index in [4.69, 9.17) is 4.74 Å². The van der Waals surface area contributed by atoms with E-state index >= 15 is 0 Å². The van der Waals surface area contributed by atoms with Crippen molar-refractivity contribution in [2.24, 2.45) is 0 Å². The topological polar surface area (TPSA) is 85.2 Å². The summed E-state index contributed by atoms with van der Waals surface area (Å²) in [5.74, 6) is -0.0513. The molecule has 1 heterocycles. The van der Waals surface area contributed by atoms with E-state index in [1.165, 1.54) is 0 Å². The van der Waals surface area contributed by atoms with E-state index in [-0.39, 0.29) is 30.4 Å². The lowest BCUT2D eigenvalue weighted by Crippen LogP contribution is -2.35. The maximum absolute atomic E-state index is 12.1. The average molecular weight is 406 g/mol. The van der Waals surface area contributed by atoms with Gasteiger partial charge < -0.3 is 15.4 Å². The van der Waals surface area contributed by atoms with Gasteiger partial charge in [-0.2, -0.15) is 5.10 Å². The lowest BCUT2D eigenvalue weighted by atomic mass is 9.87. The van der Waals surface area contributed by atoms with Crippen LogP contribution in [-0.2, 0) is 15.0 Å². The number of benzene rings is 2. The molecule has 0 bridgehead atoms. The zero-order valence-electron chi connectivity index (χ0n) is 17.4. The smallest absolute Gasteiger partial charge is 0.258 e. The number of carbonyl (C=O) groups excluding carboxylic acids is 2. The highest BCUT2D eigenvalue weighted by atomic mass is 16.5. The van der Waals surface area contributed by atoms with Crippen LogP contribution in [0.4, 0.5) is 5.69 Å². The molecular weight excluding hydrogens is 380 g/mol. The number of anilines is 1. The molecule has 0 aliphatic rings. The minimum absolute atomic E-state index is 0.00366. The maximum atomic E-state index is 12.1. The molecule has 156 valence electrons. The van der Waals surface area contributed by atoms with Gasteiger partial charge in [0, 0.05) is 18.1 Å². The van der Waals surface area contributed by atoms with Gasteiger partial charge in [0.2, 0.25) is 5.91 Å². The first-order valence-electron chi connectivity index (χ1n) is 9.71. The number of nitrogens with one attached hydrogen (secondary N) is 2. The third-order valence-corrected chi connectivity index (χ3v) is 4.44. The van der Waals surface area contributed by atoms with Crippen molar-refractivity contribution in [3.8, 4) is 11.4 Å². The fraction of sp³-hybridized carbons (Fsp3) is 0.261. The van der Waals surface area contributed by atoms with Crippen molar-refractivity contribution >= 4 is 17.5 Å². The van der Waals surface area contributed by atoms with Crippen molar-refractivity contribution in [1.29, 1.82) is 0 Å². The van der Waals surface area contributed by atoms with Crippen LogP contribution in [0.3, 0.4) is 0 Å². The molecule has 0 spiro atoms. The Morgan fingerprint density at radius 3 is 2.47 bits per heavy atom. The number of rotatable bonds is 7. The molecule has 30 heavy (non-hydrogen) atoms. The second kappa shape index (κ2) is 9.26. The minimum atomic E-state index is -0.361. The Morgan fingerprint density at radius 1 is 1.03 bits per heavy atom. The van der Waals surface area contributed by atoms with Crippen LogP contribution in [0.25, 0.3) is 5.69 Å². The van der Waals surface area contributed by atoms with Gasteiger partial charge in [0.1, 0.15) is 5.75 Å². The van der Waals surface area contributed by atoms with Crippen LogP contribution in [0.15, 0.2) is 67.0 Å². The average Bonchev–Trinajstić information content (AvgIpc) is 3.26. The van der Waals surface area contributed by atoms with Crippen LogP contribution < -0.4 is 15.4 Å². The number of hydrogen-bond donors (Lipinski definition) is 2. The Morgan fingerprint density at radius 2 is 1.80 bits per heavy atom. The summed E-state index contributed by atoms with van der Waals surface area (Å²) in [7, 11) is 0. The molecule has 3 aromatic rings. The van der Waals surface area contributed by atoms with Crippen molar-refractivity contribution in [2.45, 2.75) is 26.2 Å². The molecule has 2 amide bonds. The first-order chi connectivity index (χ1) is 14.3. The molecule has 0 saturated carbocycles. The fourth-order valence-corrected chi connectivity index (χ4v) is 2.76. The summed E-state index contributed by atoms with van der Waals surface area (Å²) in [4.78, 5) is 24.1. The summed E-state index contributed by atoms with van der Waals surface area (Å²) in [6.45, 7) is 6.05. The molecular formula is C23H26N4O3. The first kappa shape index (κ1) is 21.1. The lowest BCUT2D eigenvalue weighted by molar-refractivity contribution is -0.125. The molecule has 3 rings (SSSR count). The summed E-state index contributed by atoms with van der Waals surface area (Å²) < 4.78 is 7.28. The lowest BCUT2D eigenvalue weighted by Gasteiger charge is -2.19. The highest BCUT2D eigenvalue weighted by Gasteiger charge is 2.14. The second-order valence-corrected chi connectivity index (χ2v) is 7.89. The molecule has 2 aromatic carbocycles. The molecule has 1 aromatic heterocycles. The summed E-state index contributed by atoms with van der Waals surface area (Å²) in [6.07, 6.45) is 3.54. The highest BCUT2D eigenvalue weighted by molar-refractivity contribution is 5.94. The van der Waals surface area contributed by atoms with Crippen molar-refractivity contribution in [1.82, 2.24) is 15.1 Å². The first-order valence-corrected chi connectivity index (χ1v) is 9.71. The van der Waals surface area contributed by atoms with Crippen LogP contribution in [0, 0.1) is 0 Å². The van der Waals surface area contributed by atoms with E-state index in [0.29, 0.717) is 11.4 Å². The van der Waals surface area contributed by atoms with Gasteiger partial charge in [-0.15, -0.1) is 0 Å². The van der Waals surface area contributed by atoms with E-state index in [1.807, 2.05) is 48.7 Å². The molecule has 2 N–H and O–H groups in total. The van der Waals surface area contributed by atoms with Crippen LogP contribution >= 0.6 is 0 Å².